The van der Waals surface area contributed by atoms with Crippen molar-refractivity contribution in [3.05, 3.63) is 61.7 Å². The smallest absolute Gasteiger partial charge is 0.274 e. The molecule has 2 aromatic heterocycles. The third kappa shape index (κ3) is 9.13. The van der Waals surface area contributed by atoms with E-state index in [1.807, 2.05) is 17.5 Å². The maximum Gasteiger partial charge on any atom is 0.274 e. The quantitative estimate of drug-likeness (QED) is 0.214. The maximum atomic E-state index is 10.8. The summed E-state index contributed by atoms with van der Waals surface area (Å²) in [5, 5.41) is 19.5. The lowest BCUT2D eigenvalue weighted by atomic mass is 10.4. The van der Waals surface area contributed by atoms with Gasteiger partial charge in [-0.15, -0.1) is 11.3 Å². The van der Waals surface area contributed by atoms with Crippen LogP contribution in [-0.2, 0) is 11.5 Å². The van der Waals surface area contributed by atoms with Crippen molar-refractivity contribution >= 4 is 55.9 Å². The molecule has 8 nitrogen and oxygen atoms in total. The van der Waals surface area contributed by atoms with Crippen LogP contribution >= 0.6 is 50.8 Å². The minimum absolute atomic E-state index is 0.420. The van der Waals surface area contributed by atoms with Gasteiger partial charge >= 0.3 is 0 Å². The van der Waals surface area contributed by atoms with Gasteiger partial charge in [-0.2, -0.15) is 23.5 Å². The Morgan fingerprint density at radius 1 is 1.32 bits per heavy atom. The van der Waals surface area contributed by atoms with E-state index in [0.717, 1.165) is 45.1 Å². The maximum absolute atomic E-state index is 10.8. The third-order valence-electron chi connectivity index (χ3n) is 3.25. The molecule has 152 valence electrons. The second-order valence-electron chi connectivity index (χ2n) is 5.40. The summed E-state index contributed by atoms with van der Waals surface area (Å²) in [4.78, 5) is 18.9. The zero-order chi connectivity index (χ0) is 20.2. The Labute approximate surface area is 184 Å². The molecule has 0 radical (unpaired) electrons. The first-order valence-corrected chi connectivity index (χ1v) is 12.3. The van der Waals surface area contributed by atoms with Crippen LogP contribution in [0.4, 0.5) is 5.13 Å². The van der Waals surface area contributed by atoms with Gasteiger partial charge in [-0.25, -0.2) is 4.98 Å². The molecule has 0 fully saturated rings. The van der Waals surface area contributed by atoms with Crippen LogP contribution in [0.2, 0.25) is 0 Å². The Hall–Kier alpha value is -1.50. The summed E-state index contributed by atoms with van der Waals surface area (Å²) < 4.78 is 0.990. The van der Waals surface area contributed by atoms with E-state index in [9.17, 15) is 10.1 Å². The number of pyridine rings is 1. The topological polar surface area (TPSA) is 119 Å². The van der Waals surface area contributed by atoms with E-state index in [4.69, 9.17) is 5.73 Å². The van der Waals surface area contributed by atoms with Gasteiger partial charge in [0.15, 0.2) is 11.0 Å². The molecule has 0 aliphatic heterocycles. The van der Waals surface area contributed by atoms with Gasteiger partial charge in [0.05, 0.1) is 16.3 Å². The molecule has 2 aromatic rings. The first kappa shape index (κ1) is 22.8. The molecular weight excluding hydrogens is 484 g/mol. The van der Waals surface area contributed by atoms with Gasteiger partial charge in [-0.1, -0.05) is 0 Å². The van der Waals surface area contributed by atoms with Gasteiger partial charge in [0.1, 0.15) is 0 Å². The standard InChI is InChI=1S/C16H21BrN6O2S3/c17-13-2-1-3-19-14(13)11-27-7-5-21-15(8-23(24)25)20-4-6-26-9-12-10-28-16(18)22-12/h1-3,8,10,20-21H,4-7,9,11H2,(H2,18,22). The lowest BCUT2D eigenvalue weighted by Gasteiger charge is -2.11. The Bertz CT molecular complexity index is 789. The first-order valence-electron chi connectivity index (χ1n) is 8.32. The molecule has 2 heterocycles. The van der Waals surface area contributed by atoms with Crippen LogP contribution in [0.25, 0.3) is 0 Å². The zero-order valence-electron chi connectivity index (χ0n) is 15.0. The van der Waals surface area contributed by atoms with Crippen molar-refractivity contribution in [2.24, 2.45) is 0 Å². The molecule has 0 aliphatic carbocycles. The lowest BCUT2D eigenvalue weighted by Crippen LogP contribution is -2.30. The minimum Gasteiger partial charge on any atom is -0.375 e. The normalized spacial score (nSPS) is 11.4. The average Bonchev–Trinajstić information content (AvgIpc) is 3.07. The minimum atomic E-state index is -0.460. The van der Waals surface area contributed by atoms with Gasteiger partial charge in [-0.05, 0) is 28.1 Å². The van der Waals surface area contributed by atoms with E-state index in [1.165, 1.54) is 11.3 Å². The highest BCUT2D eigenvalue weighted by Gasteiger charge is 2.04. The number of rotatable bonds is 13. The van der Waals surface area contributed by atoms with Gasteiger partial charge < -0.3 is 16.4 Å². The number of aromatic nitrogens is 2. The highest BCUT2D eigenvalue weighted by atomic mass is 79.9. The Balaban J connectivity index is 1.62. The summed E-state index contributed by atoms with van der Waals surface area (Å²) in [7, 11) is 0. The number of nitrogen functional groups attached to an aromatic ring is 1. The number of thiazole rings is 1. The Morgan fingerprint density at radius 3 is 2.64 bits per heavy atom. The molecule has 12 heteroatoms. The fourth-order valence-electron chi connectivity index (χ4n) is 2.03. The number of hydrogen-bond donors (Lipinski definition) is 3. The molecule has 0 saturated heterocycles. The van der Waals surface area contributed by atoms with Crippen molar-refractivity contribution in [1.82, 2.24) is 20.6 Å². The van der Waals surface area contributed by atoms with Crippen molar-refractivity contribution in [3.63, 3.8) is 0 Å². The molecule has 0 amide bonds. The van der Waals surface area contributed by atoms with Crippen LogP contribution in [0.5, 0.6) is 0 Å². The highest BCUT2D eigenvalue weighted by Crippen LogP contribution is 2.19. The van der Waals surface area contributed by atoms with Crippen LogP contribution in [0.3, 0.4) is 0 Å². The number of nitro groups is 1. The van der Waals surface area contributed by atoms with Crippen LogP contribution in [-0.4, -0.2) is 39.5 Å². The van der Waals surface area contributed by atoms with Crippen LogP contribution in [0.15, 0.2) is 40.2 Å². The third-order valence-corrected chi connectivity index (χ3v) is 6.66. The molecule has 0 atom stereocenters. The number of nitrogens with two attached hydrogens (primary N) is 1. The number of thioether (sulfide) groups is 2. The summed E-state index contributed by atoms with van der Waals surface area (Å²) in [6, 6.07) is 3.84. The lowest BCUT2D eigenvalue weighted by molar-refractivity contribution is -0.404. The zero-order valence-corrected chi connectivity index (χ0v) is 19.0. The molecule has 0 bridgehead atoms. The monoisotopic (exact) mass is 504 g/mol. The fraction of sp³-hybridized carbons (Fsp3) is 0.375. The summed E-state index contributed by atoms with van der Waals surface area (Å²) in [6.45, 7) is 1.23. The molecule has 2 rings (SSSR count). The van der Waals surface area contributed by atoms with Crippen molar-refractivity contribution in [3.8, 4) is 0 Å². The van der Waals surface area contributed by atoms with Crippen molar-refractivity contribution in [1.29, 1.82) is 0 Å². The van der Waals surface area contributed by atoms with Gasteiger partial charge in [0.2, 0.25) is 0 Å². The summed E-state index contributed by atoms with van der Waals surface area (Å²) in [6.07, 6.45) is 2.73. The second kappa shape index (κ2) is 12.9. The molecule has 0 saturated carbocycles. The number of hydrogen-bond acceptors (Lipinski definition) is 10. The molecule has 0 aliphatic rings. The largest absolute Gasteiger partial charge is 0.375 e. The van der Waals surface area contributed by atoms with Crippen LogP contribution < -0.4 is 16.4 Å². The van der Waals surface area contributed by atoms with E-state index >= 15 is 0 Å². The van der Waals surface area contributed by atoms with Gasteiger partial charge in [0.25, 0.3) is 6.20 Å². The predicted octanol–water partition coefficient (Wildman–Crippen LogP) is 3.30. The number of halogens is 1. The number of nitrogens with zero attached hydrogens (tertiary/aromatic N) is 3. The van der Waals surface area contributed by atoms with Crippen molar-refractivity contribution in [2.45, 2.75) is 11.5 Å². The molecule has 4 N–H and O–H groups in total. The molecule has 0 spiro atoms. The van der Waals surface area contributed by atoms with E-state index in [1.54, 1.807) is 29.7 Å². The van der Waals surface area contributed by atoms with Crippen LogP contribution in [0, 0.1) is 10.1 Å². The van der Waals surface area contributed by atoms with E-state index in [-0.39, 0.29) is 0 Å². The van der Waals surface area contributed by atoms with E-state index in [0.29, 0.717) is 24.0 Å². The summed E-state index contributed by atoms with van der Waals surface area (Å²) >= 11 is 8.31. The average molecular weight is 505 g/mol. The molecular formula is C16H21BrN6O2S3. The SMILES string of the molecule is Nc1nc(CSCCNC(=C[N+](=O)[O-])NCCSCc2ncccc2Br)cs1. The highest BCUT2D eigenvalue weighted by molar-refractivity contribution is 9.10. The van der Waals surface area contributed by atoms with E-state index in [2.05, 4.69) is 36.5 Å². The molecule has 0 aromatic carbocycles. The van der Waals surface area contributed by atoms with Gasteiger partial charge in [0, 0.05) is 52.2 Å². The molecule has 28 heavy (non-hydrogen) atoms. The van der Waals surface area contributed by atoms with Gasteiger partial charge in [-0.3, -0.25) is 15.1 Å². The Kier molecular flexibility index (Phi) is 10.5. The first-order chi connectivity index (χ1) is 13.5. The van der Waals surface area contributed by atoms with Crippen molar-refractivity contribution < 1.29 is 4.92 Å². The van der Waals surface area contributed by atoms with Crippen molar-refractivity contribution in [2.75, 3.05) is 30.3 Å². The van der Waals surface area contributed by atoms with E-state index < -0.39 is 4.92 Å². The summed E-state index contributed by atoms with van der Waals surface area (Å²) in [5.74, 6) is 3.58. The van der Waals surface area contributed by atoms with Crippen LogP contribution in [0.1, 0.15) is 11.4 Å². The molecule has 0 unspecified atom stereocenters. The fourth-order valence-corrected chi connectivity index (χ4v) is 4.84. The number of anilines is 1. The number of nitrogens with one attached hydrogen (secondary N) is 2. The second-order valence-corrected chi connectivity index (χ2v) is 9.35. The Morgan fingerprint density at radius 2 is 2.04 bits per heavy atom. The predicted molar refractivity (Wildman–Crippen MR) is 122 cm³/mol. The summed E-state index contributed by atoms with van der Waals surface area (Å²) in [5.41, 5.74) is 7.55.